The highest BCUT2D eigenvalue weighted by Gasteiger charge is 2.26. The average Bonchev–Trinajstić information content (AvgIpc) is 2.78. The maximum absolute atomic E-state index is 13.2. The lowest BCUT2D eigenvalue weighted by Gasteiger charge is -2.30. The maximum Gasteiger partial charge on any atom is 0.261 e. The molecule has 0 saturated carbocycles. The van der Waals surface area contributed by atoms with Gasteiger partial charge in [0.15, 0.2) is 0 Å². The minimum absolute atomic E-state index is 0.0134. The van der Waals surface area contributed by atoms with Gasteiger partial charge in [-0.1, -0.05) is 18.5 Å². The highest BCUT2D eigenvalue weighted by Crippen LogP contribution is 2.27. The van der Waals surface area contributed by atoms with E-state index in [1.807, 2.05) is 6.92 Å². The van der Waals surface area contributed by atoms with Crippen LogP contribution in [0.15, 0.2) is 47.4 Å². The Morgan fingerprint density at radius 2 is 1.88 bits per heavy atom. The van der Waals surface area contributed by atoms with Gasteiger partial charge in [0.1, 0.15) is 12.4 Å². The van der Waals surface area contributed by atoms with Gasteiger partial charge in [-0.2, -0.15) is 0 Å². The molecular formula is C23H30ClN3O5S. The quantitative estimate of drug-likeness (QED) is 0.676. The Kier molecular flexibility index (Phi) is 8.23. The average molecular weight is 496 g/mol. The first kappa shape index (κ1) is 25.3. The molecule has 0 unspecified atom stereocenters. The van der Waals surface area contributed by atoms with Crippen molar-refractivity contribution in [3.63, 3.8) is 0 Å². The van der Waals surface area contributed by atoms with E-state index in [0.717, 1.165) is 0 Å². The molecule has 0 bridgehead atoms. The number of benzene rings is 2. The highest BCUT2D eigenvalue weighted by atomic mass is 35.5. The van der Waals surface area contributed by atoms with Crippen LogP contribution in [0.3, 0.4) is 0 Å². The van der Waals surface area contributed by atoms with Crippen LogP contribution >= 0.6 is 11.6 Å². The largest absolute Gasteiger partial charge is 0.491 e. The fourth-order valence-electron chi connectivity index (χ4n) is 3.55. The summed E-state index contributed by atoms with van der Waals surface area (Å²) in [6.07, 6.45) is -0.132. The second-order valence-electron chi connectivity index (χ2n) is 8.33. The van der Waals surface area contributed by atoms with E-state index in [1.54, 1.807) is 31.2 Å². The molecule has 0 radical (unpaired) electrons. The first-order valence-electron chi connectivity index (χ1n) is 10.7. The molecule has 1 amide bonds. The number of nitrogens with zero attached hydrogens (tertiary/aromatic N) is 1. The van der Waals surface area contributed by atoms with Gasteiger partial charge in [-0.3, -0.25) is 9.52 Å². The van der Waals surface area contributed by atoms with Gasteiger partial charge in [0.25, 0.3) is 15.9 Å². The van der Waals surface area contributed by atoms with E-state index in [1.165, 1.54) is 30.3 Å². The number of ether oxygens (including phenoxy) is 2. The van der Waals surface area contributed by atoms with Crippen molar-refractivity contribution in [2.45, 2.75) is 30.9 Å². The molecule has 8 nitrogen and oxygen atoms in total. The first-order chi connectivity index (χ1) is 15.6. The van der Waals surface area contributed by atoms with Gasteiger partial charge in [-0.05, 0) is 49.2 Å². The molecule has 0 fully saturated rings. The van der Waals surface area contributed by atoms with Crippen molar-refractivity contribution in [1.29, 1.82) is 0 Å². The number of carbonyl (C=O) groups excluding carboxylic acids is 1. The molecule has 3 rings (SSSR count). The van der Waals surface area contributed by atoms with E-state index in [4.69, 9.17) is 21.1 Å². The van der Waals surface area contributed by atoms with Crippen LogP contribution in [0.5, 0.6) is 5.75 Å². The number of halogens is 1. The molecule has 2 N–H and O–H groups in total. The molecule has 1 aliphatic rings. The number of hydrogen-bond acceptors (Lipinski definition) is 6. The lowest BCUT2D eigenvalue weighted by molar-refractivity contribution is 0.0281. The van der Waals surface area contributed by atoms with Gasteiger partial charge in [0.2, 0.25) is 0 Å². The predicted molar refractivity (Wildman–Crippen MR) is 129 cm³/mol. The highest BCUT2D eigenvalue weighted by molar-refractivity contribution is 7.92. The number of carbonyl (C=O) groups is 1. The van der Waals surface area contributed by atoms with Crippen molar-refractivity contribution in [3.05, 3.63) is 53.1 Å². The van der Waals surface area contributed by atoms with E-state index >= 15 is 0 Å². The minimum atomic E-state index is -3.84. The number of likely N-dealkylation sites (N-methyl/N-ethyl adjacent to an activating group) is 1. The smallest absolute Gasteiger partial charge is 0.261 e. The lowest BCUT2D eigenvalue weighted by atomic mass is 10.0. The van der Waals surface area contributed by atoms with Crippen molar-refractivity contribution in [2.24, 2.45) is 5.92 Å². The summed E-state index contributed by atoms with van der Waals surface area (Å²) in [4.78, 5) is 14.8. The Balaban J connectivity index is 1.91. The molecule has 2 aromatic carbocycles. The second-order valence-corrected chi connectivity index (χ2v) is 10.4. The predicted octanol–water partition coefficient (Wildman–Crippen LogP) is 3.23. The normalized spacial score (nSPS) is 22.5. The van der Waals surface area contributed by atoms with E-state index in [9.17, 15) is 13.2 Å². The Morgan fingerprint density at radius 1 is 1.18 bits per heavy atom. The van der Waals surface area contributed by atoms with Crippen molar-refractivity contribution in [1.82, 2.24) is 10.2 Å². The van der Waals surface area contributed by atoms with Gasteiger partial charge in [-0.25, -0.2) is 8.42 Å². The zero-order valence-corrected chi connectivity index (χ0v) is 20.7. The summed E-state index contributed by atoms with van der Waals surface area (Å²) in [6.45, 7) is 5.49. The summed E-state index contributed by atoms with van der Waals surface area (Å²) in [6, 6.07) is 10.5. The third-order valence-corrected chi connectivity index (χ3v) is 7.25. The van der Waals surface area contributed by atoms with Crippen molar-refractivity contribution >= 4 is 33.2 Å². The summed E-state index contributed by atoms with van der Waals surface area (Å²) in [5, 5.41) is 3.86. The third-order valence-electron chi connectivity index (χ3n) is 5.60. The summed E-state index contributed by atoms with van der Waals surface area (Å²) in [7, 11) is -0.481. The molecule has 0 aliphatic carbocycles. The van der Waals surface area contributed by atoms with Gasteiger partial charge >= 0.3 is 0 Å². The van der Waals surface area contributed by atoms with Crippen molar-refractivity contribution in [3.8, 4) is 5.75 Å². The molecule has 3 atom stereocenters. The van der Waals surface area contributed by atoms with Crippen molar-refractivity contribution in [2.75, 3.05) is 38.6 Å². The summed E-state index contributed by atoms with van der Waals surface area (Å²) in [5.41, 5.74) is 0.637. The van der Waals surface area contributed by atoms with Crippen LogP contribution in [0, 0.1) is 5.92 Å². The Hall–Kier alpha value is -2.33. The van der Waals surface area contributed by atoms with Crippen LogP contribution in [0.2, 0.25) is 5.02 Å². The fraction of sp³-hybridized carbons (Fsp3) is 0.435. The summed E-state index contributed by atoms with van der Waals surface area (Å²) in [5.74, 6) is 0.267. The van der Waals surface area contributed by atoms with Crippen LogP contribution in [0.4, 0.5) is 5.69 Å². The molecule has 0 spiro atoms. The van der Waals surface area contributed by atoms with Crippen molar-refractivity contribution < 1.29 is 22.7 Å². The van der Waals surface area contributed by atoms with Gasteiger partial charge in [-0.15, -0.1) is 0 Å². The van der Waals surface area contributed by atoms with Crippen LogP contribution in [0.1, 0.15) is 24.2 Å². The van der Waals surface area contributed by atoms with Crippen LogP contribution < -0.4 is 14.8 Å². The summed E-state index contributed by atoms with van der Waals surface area (Å²) >= 11 is 5.86. The molecule has 10 heteroatoms. The number of amides is 1. The number of anilines is 1. The number of hydrogen-bond donors (Lipinski definition) is 2. The molecule has 1 heterocycles. The molecular weight excluding hydrogens is 466 g/mol. The zero-order valence-electron chi connectivity index (χ0n) is 19.2. The van der Waals surface area contributed by atoms with Crippen LogP contribution in [-0.2, 0) is 14.8 Å². The SMILES string of the molecule is CO[C@H]1CN(C)C(=O)c2ccc(NS(=O)(=O)c3ccc(Cl)cc3)cc2OC[C@H](C)NC[C@H]1C. The molecule has 0 aromatic heterocycles. The standard InChI is InChI=1S/C23H30ClN3O5S/c1-15-12-25-16(2)14-32-21-11-18(26-33(29,30)19-8-5-17(24)6-9-19)7-10-20(21)23(28)27(3)13-22(15)31-4/h5-11,15-16,22,25-26H,12-14H2,1-4H3/t15-,16+,22+/m1/s1. The molecule has 33 heavy (non-hydrogen) atoms. The number of methoxy groups -OCH3 is 1. The molecule has 180 valence electrons. The molecule has 2 aromatic rings. The lowest BCUT2D eigenvalue weighted by Crippen LogP contribution is -2.44. The number of rotatable bonds is 4. The first-order valence-corrected chi connectivity index (χ1v) is 12.5. The van der Waals surface area contributed by atoms with Gasteiger partial charge in [0, 0.05) is 44.4 Å². The third kappa shape index (κ3) is 6.38. The number of fused-ring (bicyclic) bond motifs is 1. The Labute approximate surface area is 200 Å². The van der Waals surface area contributed by atoms with E-state index < -0.39 is 10.0 Å². The fourth-order valence-corrected chi connectivity index (χ4v) is 4.72. The van der Waals surface area contributed by atoms with E-state index in [2.05, 4.69) is 17.0 Å². The van der Waals surface area contributed by atoms with E-state index in [-0.39, 0.29) is 34.6 Å². The van der Waals surface area contributed by atoms with Crippen LogP contribution in [0.25, 0.3) is 0 Å². The van der Waals surface area contributed by atoms with Gasteiger partial charge in [0.05, 0.1) is 22.3 Å². The topological polar surface area (TPSA) is 97.0 Å². The molecule has 0 saturated heterocycles. The Morgan fingerprint density at radius 3 is 2.55 bits per heavy atom. The maximum atomic E-state index is 13.2. The summed E-state index contributed by atoms with van der Waals surface area (Å²) < 4.78 is 39.6. The minimum Gasteiger partial charge on any atom is -0.491 e. The van der Waals surface area contributed by atoms with Gasteiger partial charge < -0.3 is 19.7 Å². The zero-order chi connectivity index (χ0) is 24.2. The van der Waals surface area contributed by atoms with E-state index in [0.29, 0.717) is 36.0 Å². The monoisotopic (exact) mass is 495 g/mol. The Bertz CT molecular complexity index is 1080. The number of nitrogens with one attached hydrogen (secondary N) is 2. The van der Waals surface area contributed by atoms with Crippen LogP contribution in [-0.4, -0.2) is 65.2 Å². The number of sulfonamides is 1. The molecule has 1 aliphatic heterocycles. The second kappa shape index (κ2) is 10.7.